The van der Waals surface area contributed by atoms with Crippen LogP contribution in [0.4, 0.5) is 0 Å². The van der Waals surface area contributed by atoms with E-state index in [1.165, 1.54) is 0 Å². The maximum Gasteiger partial charge on any atom is 0.173 e. The molecule has 2 N–H and O–H groups in total. The summed E-state index contributed by atoms with van der Waals surface area (Å²) in [7, 11) is 0. The molecule has 1 aromatic heterocycles. The monoisotopic (exact) mass is 211 g/mol. The molecule has 0 saturated carbocycles. The molecule has 1 rings (SSSR count). The van der Waals surface area contributed by atoms with Crippen LogP contribution >= 0.6 is 11.3 Å². The van der Waals surface area contributed by atoms with E-state index in [0.717, 1.165) is 36.2 Å². The Morgan fingerprint density at radius 2 is 2.21 bits per heavy atom. The summed E-state index contributed by atoms with van der Waals surface area (Å²) in [6.07, 6.45) is 3.72. The van der Waals surface area contributed by atoms with E-state index in [2.05, 4.69) is 0 Å². The maximum atomic E-state index is 11.7. The topological polar surface area (TPSA) is 43.1 Å². The molecule has 1 aromatic rings. The summed E-state index contributed by atoms with van der Waals surface area (Å²) in [5, 5.41) is 1.97. The smallest absolute Gasteiger partial charge is 0.173 e. The highest BCUT2D eigenvalue weighted by molar-refractivity contribution is 7.12. The zero-order valence-corrected chi connectivity index (χ0v) is 9.40. The van der Waals surface area contributed by atoms with Crippen LogP contribution in [0.15, 0.2) is 11.4 Å². The first-order chi connectivity index (χ1) is 6.75. The molecule has 14 heavy (non-hydrogen) atoms. The second-order valence-electron chi connectivity index (χ2n) is 3.46. The van der Waals surface area contributed by atoms with Gasteiger partial charge in [0.15, 0.2) is 5.78 Å². The van der Waals surface area contributed by atoms with E-state index < -0.39 is 0 Å². The molecule has 0 saturated heterocycles. The van der Waals surface area contributed by atoms with Crippen LogP contribution in [0.3, 0.4) is 0 Å². The van der Waals surface area contributed by atoms with Crippen molar-refractivity contribution >= 4 is 17.1 Å². The number of thiophene rings is 1. The Morgan fingerprint density at radius 3 is 2.79 bits per heavy atom. The van der Waals surface area contributed by atoms with E-state index in [4.69, 9.17) is 5.73 Å². The normalized spacial score (nSPS) is 10.4. The van der Waals surface area contributed by atoms with E-state index in [9.17, 15) is 4.79 Å². The molecule has 0 radical (unpaired) electrons. The number of aryl methyl sites for hydroxylation is 1. The van der Waals surface area contributed by atoms with E-state index >= 15 is 0 Å². The number of hydrogen-bond acceptors (Lipinski definition) is 3. The number of hydrogen-bond donors (Lipinski definition) is 1. The number of rotatable bonds is 6. The fourth-order valence-electron chi connectivity index (χ4n) is 1.38. The standard InChI is InChI=1S/C11H17NOS/c1-9-6-8-14-11(9)10(13)5-3-2-4-7-12/h6,8H,2-5,7,12H2,1H3. The number of ketones is 1. The molecule has 0 aliphatic carbocycles. The van der Waals surface area contributed by atoms with Crippen LogP contribution in [0.1, 0.15) is 40.9 Å². The fraction of sp³-hybridized carbons (Fsp3) is 0.545. The molecule has 0 bridgehead atoms. The Balaban J connectivity index is 2.32. The fourth-order valence-corrected chi connectivity index (χ4v) is 2.27. The van der Waals surface area contributed by atoms with E-state index in [-0.39, 0.29) is 5.78 Å². The van der Waals surface area contributed by atoms with Crippen molar-refractivity contribution in [1.82, 2.24) is 0 Å². The Labute approximate surface area is 89.1 Å². The molecular weight excluding hydrogens is 194 g/mol. The van der Waals surface area contributed by atoms with E-state index in [1.54, 1.807) is 11.3 Å². The molecule has 0 atom stereocenters. The Bertz CT molecular complexity index is 293. The van der Waals surface area contributed by atoms with Gasteiger partial charge in [0.1, 0.15) is 0 Å². The number of unbranched alkanes of at least 4 members (excludes halogenated alkanes) is 2. The van der Waals surface area contributed by atoms with E-state index in [1.807, 2.05) is 18.4 Å². The summed E-state index contributed by atoms with van der Waals surface area (Å²) >= 11 is 1.55. The second-order valence-corrected chi connectivity index (χ2v) is 4.37. The quantitative estimate of drug-likeness (QED) is 0.581. The minimum Gasteiger partial charge on any atom is -0.330 e. The van der Waals surface area contributed by atoms with Gasteiger partial charge in [0, 0.05) is 6.42 Å². The van der Waals surface area contributed by atoms with Gasteiger partial charge in [-0.2, -0.15) is 0 Å². The van der Waals surface area contributed by atoms with Crippen molar-refractivity contribution in [2.75, 3.05) is 6.54 Å². The summed E-state index contributed by atoms with van der Waals surface area (Å²) in [6, 6.07) is 2.00. The molecule has 0 fully saturated rings. The third-order valence-corrected chi connectivity index (χ3v) is 3.28. The van der Waals surface area contributed by atoms with Crippen LogP contribution in [0, 0.1) is 6.92 Å². The molecule has 0 unspecified atom stereocenters. The van der Waals surface area contributed by atoms with Gasteiger partial charge in [0.2, 0.25) is 0 Å². The average Bonchev–Trinajstić information content (AvgIpc) is 2.59. The van der Waals surface area contributed by atoms with Crippen molar-refractivity contribution in [2.24, 2.45) is 5.73 Å². The first-order valence-electron chi connectivity index (χ1n) is 5.03. The largest absolute Gasteiger partial charge is 0.330 e. The first-order valence-corrected chi connectivity index (χ1v) is 5.91. The van der Waals surface area contributed by atoms with Gasteiger partial charge in [0.05, 0.1) is 4.88 Å². The molecule has 1 heterocycles. The van der Waals surface area contributed by atoms with Gasteiger partial charge in [-0.25, -0.2) is 0 Å². The summed E-state index contributed by atoms with van der Waals surface area (Å²) in [4.78, 5) is 12.6. The molecule has 0 aliphatic rings. The van der Waals surface area contributed by atoms with Gasteiger partial charge in [0.25, 0.3) is 0 Å². The highest BCUT2D eigenvalue weighted by Gasteiger charge is 2.09. The Hall–Kier alpha value is -0.670. The molecule has 0 aromatic carbocycles. The van der Waals surface area contributed by atoms with Gasteiger partial charge < -0.3 is 5.73 Å². The highest BCUT2D eigenvalue weighted by Crippen LogP contribution is 2.18. The predicted molar refractivity (Wildman–Crippen MR) is 60.9 cm³/mol. The van der Waals surface area contributed by atoms with Crippen LogP contribution in [0.2, 0.25) is 0 Å². The number of carbonyl (C=O) groups is 1. The molecule has 0 spiro atoms. The van der Waals surface area contributed by atoms with Crippen molar-refractivity contribution in [3.63, 3.8) is 0 Å². The first kappa shape index (κ1) is 11.4. The summed E-state index contributed by atoms with van der Waals surface area (Å²) < 4.78 is 0. The molecule has 0 aliphatic heterocycles. The second kappa shape index (κ2) is 5.94. The van der Waals surface area contributed by atoms with Gasteiger partial charge >= 0.3 is 0 Å². The molecule has 0 amide bonds. The molecular formula is C11H17NOS. The molecule has 3 heteroatoms. The minimum atomic E-state index is 0.287. The predicted octanol–water partition coefficient (Wildman–Crippen LogP) is 2.76. The lowest BCUT2D eigenvalue weighted by molar-refractivity contribution is 0.0982. The SMILES string of the molecule is Cc1ccsc1C(=O)CCCCCN. The summed E-state index contributed by atoms with van der Waals surface area (Å²) in [5.41, 5.74) is 6.49. The molecule has 2 nitrogen and oxygen atoms in total. The van der Waals surface area contributed by atoms with Gasteiger partial charge in [-0.3, -0.25) is 4.79 Å². The van der Waals surface area contributed by atoms with Gasteiger partial charge in [-0.1, -0.05) is 6.42 Å². The van der Waals surface area contributed by atoms with Crippen molar-refractivity contribution in [3.8, 4) is 0 Å². The number of nitrogens with two attached hydrogens (primary N) is 1. The van der Waals surface area contributed by atoms with Crippen LogP contribution in [-0.4, -0.2) is 12.3 Å². The van der Waals surface area contributed by atoms with Gasteiger partial charge in [-0.05, 0) is 43.3 Å². The zero-order valence-electron chi connectivity index (χ0n) is 8.58. The number of carbonyl (C=O) groups excluding carboxylic acids is 1. The number of Topliss-reactive ketones (excluding diaryl/α,β-unsaturated/α-hetero) is 1. The minimum absolute atomic E-state index is 0.287. The van der Waals surface area contributed by atoms with E-state index in [0.29, 0.717) is 6.42 Å². The third-order valence-electron chi connectivity index (χ3n) is 2.22. The van der Waals surface area contributed by atoms with Crippen LogP contribution < -0.4 is 5.73 Å². The zero-order chi connectivity index (χ0) is 10.4. The van der Waals surface area contributed by atoms with Crippen molar-refractivity contribution in [3.05, 3.63) is 21.9 Å². The Kier molecular flexibility index (Phi) is 4.84. The highest BCUT2D eigenvalue weighted by atomic mass is 32.1. The summed E-state index contributed by atoms with van der Waals surface area (Å²) in [6.45, 7) is 2.72. The molecule has 78 valence electrons. The van der Waals surface area contributed by atoms with Crippen molar-refractivity contribution < 1.29 is 4.79 Å². The Morgan fingerprint density at radius 1 is 1.43 bits per heavy atom. The van der Waals surface area contributed by atoms with Gasteiger partial charge in [-0.15, -0.1) is 11.3 Å². The lowest BCUT2D eigenvalue weighted by Crippen LogP contribution is -2.00. The van der Waals surface area contributed by atoms with Crippen LogP contribution in [-0.2, 0) is 0 Å². The van der Waals surface area contributed by atoms with Crippen molar-refractivity contribution in [2.45, 2.75) is 32.6 Å². The maximum absolute atomic E-state index is 11.7. The third kappa shape index (κ3) is 3.24. The van der Waals surface area contributed by atoms with Crippen molar-refractivity contribution in [1.29, 1.82) is 0 Å². The lowest BCUT2D eigenvalue weighted by atomic mass is 10.1. The van der Waals surface area contributed by atoms with Crippen LogP contribution in [0.25, 0.3) is 0 Å². The van der Waals surface area contributed by atoms with Crippen LogP contribution in [0.5, 0.6) is 0 Å². The summed E-state index contributed by atoms with van der Waals surface area (Å²) in [5.74, 6) is 0.287. The lowest BCUT2D eigenvalue weighted by Gasteiger charge is -1.99. The average molecular weight is 211 g/mol.